The minimum absolute atomic E-state index is 0.0786. The molecule has 12 rings (SSSR count). The number of methoxy groups -OCH3 is 3. The number of para-hydroxylation sites is 1. The predicted molar refractivity (Wildman–Crippen MR) is 416 cm³/mol. The normalized spacial score (nSPS) is 18.3. The molecule has 5 atom stereocenters. The van der Waals surface area contributed by atoms with E-state index in [0.717, 1.165) is 45.8 Å². The number of unbranched alkanes of at least 4 members (excludes halogenated alkanes) is 2. The molecule has 6 aliphatic rings. The Morgan fingerprint density at radius 2 is 1.34 bits per heavy atom. The number of benzene rings is 6. The topological polar surface area (TPSA) is 370 Å². The van der Waals surface area contributed by atoms with Crippen LogP contribution in [0.5, 0.6) is 28.7 Å². The number of amides is 9. The Morgan fingerprint density at radius 3 is 2.02 bits per heavy atom. The van der Waals surface area contributed by atoms with E-state index in [2.05, 4.69) is 31.9 Å². The second-order valence-electron chi connectivity index (χ2n) is 29.4. The van der Waals surface area contributed by atoms with Gasteiger partial charge in [-0.25, -0.2) is 15.5 Å². The van der Waals surface area contributed by atoms with Gasteiger partial charge in [0, 0.05) is 67.1 Å². The van der Waals surface area contributed by atoms with E-state index in [1.807, 2.05) is 86.8 Å². The highest BCUT2D eigenvalue weighted by Crippen LogP contribution is 2.57. The van der Waals surface area contributed by atoms with Crippen molar-refractivity contribution in [2.24, 2.45) is 22.9 Å². The molecule has 1 unspecified atom stereocenters. The van der Waals surface area contributed by atoms with Gasteiger partial charge >= 0.3 is 6.09 Å². The van der Waals surface area contributed by atoms with E-state index < -0.39 is 79.0 Å². The molecule has 1 saturated heterocycles. The van der Waals surface area contributed by atoms with Gasteiger partial charge in [0.05, 0.1) is 106 Å². The lowest BCUT2D eigenvalue weighted by Crippen LogP contribution is -2.55. The molecule has 586 valence electrons. The van der Waals surface area contributed by atoms with Gasteiger partial charge in [0.15, 0.2) is 29.2 Å². The van der Waals surface area contributed by atoms with Crippen LogP contribution in [0.4, 0.5) is 27.5 Å². The molecule has 1 spiro atoms. The summed E-state index contributed by atoms with van der Waals surface area (Å²) in [6.45, 7) is 9.10. The number of aliphatic hydroxyl groups is 1. The molecule has 0 radical (unpaired) electrons. The molecule has 29 nitrogen and oxygen atoms in total. The molecule has 1 saturated carbocycles. The van der Waals surface area contributed by atoms with E-state index in [1.54, 1.807) is 83.1 Å². The molecule has 1 aliphatic carbocycles. The second kappa shape index (κ2) is 34.4. The van der Waals surface area contributed by atoms with Crippen molar-refractivity contribution in [1.82, 2.24) is 36.1 Å². The maximum atomic E-state index is 14.5. The van der Waals surface area contributed by atoms with Crippen molar-refractivity contribution in [2.75, 3.05) is 81.2 Å². The monoisotopic (exact) mass is 1520 g/mol. The summed E-state index contributed by atoms with van der Waals surface area (Å²) in [4.78, 5) is 129. The fourth-order valence-electron chi connectivity index (χ4n) is 14.6. The summed E-state index contributed by atoms with van der Waals surface area (Å²) in [5.74, 6) is 4.22. The summed E-state index contributed by atoms with van der Waals surface area (Å²) < 4.78 is 35.3. The zero-order valence-corrected chi connectivity index (χ0v) is 63.6. The molecule has 9 amide bonds. The van der Waals surface area contributed by atoms with Crippen LogP contribution in [0.3, 0.4) is 0 Å². The number of aliphatic hydroxyl groups excluding tert-OH is 1. The fourth-order valence-corrected chi connectivity index (χ4v) is 14.6. The first-order valence-electron chi connectivity index (χ1n) is 37.5. The smallest absolute Gasteiger partial charge is 0.416 e. The Hall–Kier alpha value is -11.9. The first-order valence-corrected chi connectivity index (χ1v) is 37.5. The number of nitrogens with one attached hydrogen (secondary N) is 6. The SMILES string of the molecule is COc1ccc(C2=CN3C(=O)c4cc(OC)c(OCCCCCOc5cc6c(cc5OC)C(=O)N5CC7(CC7)C[C@H]5[C@H](O)N6C(=O)OCc5ccc(NC(=O)[C@H](C)NC(=O)[C@@H](NC(=O)CNC(=O)CNC(=O)CCC(=O)N6Cc7ccccc7/C(N)=C(/N(N)C(C)C)c7ccccc76)C(C)C)cc5)cc4NCC3C2)cc1. The summed E-state index contributed by atoms with van der Waals surface area (Å²) >= 11 is 0. The van der Waals surface area contributed by atoms with E-state index in [4.69, 9.17) is 40.0 Å². The van der Waals surface area contributed by atoms with Crippen LogP contribution in [0.15, 0.2) is 128 Å². The summed E-state index contributed by atoms with van der Waals surface area (Å²) in [6, 6.07) is 32.4. The van der Waals surface area contributed by atoms with Crippen molar-refractivity contribution in [2.45, 2.75) is 142 Å². The Labute approximate surface area is 644 Å². The lowest BCUT2D eigenvalue weighted by molar-refractivity contribution is -0.132. The van der Waals surface area contributed by atoms with Gasteiger partial charge in [-0.1, -0.05) is 80.6 Å². The largest absolute Gasteiger partial charge is 0.497 e. The third-order valence-corrected chi connectivity index (χ3v) is 21.1. The number of hydrogen-bond donors (Lipinski definition) is 9. The van der Waals surface area contributed by atoms with Crippen LogP contribution in [-0.4, -0.2) is 170 Å². The van der Waals surface area contributed by atoms with Crippen LogP contribution in [0.1, 0.15) is 141 Å². The average molecular weight is 1520 g/mol. The molecule has 5 heterocycles. The molecule has 6 aromatic rings. The highest BCUT2D eigenvalue weighted by molar-refractivity contribution is 6.07. The van der Waals surface area contributed by atoms with Crippen LogP contribution >= 0.6 is 0 Å². The minimum Gasteiger partial charge on any atom is -0.497 e. The molecule has 6 aromatic carbocycles. The first kappa shape index (κ1) is 78.7. The van der Waals surface area contributed by atoms with Gasteiger partial charge in [0.25, 0.3) is 11.8 Å². The maximum absolute atomic E-state index is 14.5. The number of hydrazine groups is 1. The number of carbonyl (C=O) groups is 9. The van der Waals surface area contributed by atoms with Gasteiger partial charge in [-0.15, -0.1) is 0 Å². The molecule has 2 fully saturated rings. The maximum Gasteiger partial charge on any atom is 0.416 e. The van der Waals surface area contributed by atoms with Crippen LogP contribution in [0.2, 0.25) is 0 Å². The second-order valence-corrected chi connectivity index (χ2v) is 29.4. The number of nitrogens with zero attached hydrogens (tertiary/aromatic N) is 5. The predicted octanol–water partition coefficient (Wildman–Crippen LogP) is 8.00. The molecule has 111 heavy (non-hydrogen) atoms. The van der Waals surface area contributed by atoms with Crippen LogP contribution in [0.25, 0.3) is 17.0 Å². The van der Waals surface area contributed by atoms with Gasteiger partial charge in [0.1, 0.15) is 24.4 Å². The third-order valence-electron chi connectivity index (χ3n) is 21.1. The van der Waals surface area contributed by atoms with E-state index in [-0.39, 0.29) is 90.6 Å². The number of rotatable bonds is 29. The summed E-state index contributed by atoms with van der Waals surface area (Å²) in [5.41, 5.74) is 14.7. The highest BCUT2D eigenvalue weighted by atomic mass is 16.6. The Bertz CT molecular complexity index is 4600. The number of carbonyl (C=O) groups excluding carboxylic acids is 9. The van der Waals surface area contributed by atoms with Gasteiger partial charge < -0.3 is 90.9 Å². The first-order chi connectivity index (χ1) is 53.4. The van der Waals surface area contributed by atoms with Crippen LogP contribution in [-0.2, 0) is 46.7 Å². The number of ether oxygens (including phenoxy) is 6. The van der Waals surface area contributed by atoms with Crippen LogP contribution in [0, 0.1) is 11.3 Å². The summed E-state index contributed by atoms with van der Waals surface area (Å²) in [7, 11) is 4.62. The zero-order valence-electron chi connectivity index (χ0n) is 63.6. The Kier molecular flexibility index (Phi) is 24.4. The van der Waals surface area contributed by atoms with Crippen molar-refractivity contribution >= 4 is 93.1 Å². The summed E-state index contributed by atoms with van der Waals surface area (Å²) in [6.07, 6.45) is 3.95. The van der Waals surface area contributed by atoms with Gasteiger partial charge in [0.2, 0.25) is 35.4 Å². The Morgan fingerprint density at radius 1 is 0.685 bits per heavy atom. The number of nitrogens with two attached hydrogens (primary N) is 2. The molecular formula is C82H97N13O16. The Balaban J connectivity index is 0.590. The molecule has 29 heteroatoms. The van der Waals surface area contributed by atoms with Gasteiger partial charge in [-0.05, 0) is 142 Å². The molecule has 5 aliphatic heterocycles. The third kappa shape index (κ3) is 17.7. The average Bonchev–Trinajstić information content (AvgIpc) is 1.57. The lowest BCUT2D eigenvalue weighted by atomic mass is 9.95. The molecular weight excluding hydrogens is 1420 g/mol. The zero-order chi connectivity index (χ0) is 78.9. The van der Waals surface area contributed by atoms with Gasteiger partial charge in [-0.2, -0.15) is 0 Å². The van der Waals surface area contributed by atoms with Crippen molar-refractivity contribution in [3.8, 4) is 28.7 Å². The van der Waals surface area contributed by atoms with E-state index in [1.165, 1.54) is 33.3 Å². The number of fused-ring (bicyclic) bond motifs is 6. The van der Waals surface area contributed by atoms with Crippen molar-refractivity contribution in [3.63, 3.8) is 0 Å². The quantitative estimate of drug-likeness (QED) is 0.0122. The van der Waals surface area contributed by atoms with Crippen molar-refractivity contribution in [3.05, 3.63) is 166 Å². The lowest BCUT2D eigenvalue weighted by Gasteiger charge is -2.34. The van der Waals surface area contributed by atoms with Crippen molar-refractivity contribution < 1.29 is 76.7 Å². The van der Waals surface area contributed by atoms with E-state index in [0.29, 0.717) is 108 Å². The number of anilines is 4. The molecule has 0 aromatic heterocycles. The highest BCUT2D eigenvalue weighted by Gasteiger charge is 2.58. The standard InChI is InChI=1S/C82H97N13O16/c1-47(2)74(90-71(98)42-87-70(97)41-86-69(96)28-29-72(99)92-43-52-16-10-11-17-57(52)73(83)75(95(84)48(3)4)58-18-12-13-19-62(58)92)77(101)88-49(5)76(100)89-54-24-20-50(21-25-54)45-111-81(105)94-63-38-68(66(108-8)36-60(63)79(103)93-46-82(30-31-82)39-64(93)80(94)104)110-33-15-9-14-32-109-67-37-61-59(35-65(67)107-7)78(102)91-44-53(34-55(91)40-85-61)51-22-26-56(106-6)27-23-51/h10-13,16-27,35-38,44,47-49,55,64,74,80,85,104H,9,14-15,28-34,39-43,45-46,83-84H2,1-8H3,(H,86,96)(H,87,97)(H,88,101)(H,89,100)(H,90,98)/b75-73-/t49-,55?,64-,74-,80-/m0/s1. The fraction of sp³-hybridized carbons (Fsp3) is 0.402. The van der Waals surface area contributed by atoms with Crippen molar-refractivity contribution in [1.29, 1.82) is 0 Å². The molecule has 11 N–H and O–H groups in total. The van der Waals surface area contributed by atoms with Crippen LogP contribution < -0.4 is 77.0 Å². The molecule has 0 bridgehead atoms. The minimum atomic E-state index is -1.48. The van der Waals surface area contributed by atoms with E-state index >= 15 is 0 Å². The summed E-state index contributed by atoms with van der Waals surface area (Å²) in [5, 5.41) is 30.2. The van der Waals surface area contributed by atoms with Gasteiger partial charge in [-0.3, -0.25) is 38.4 Å². The van der Waals surface area contributed by atoms with E-state index in [9.17, 15) is 48.3 Å². The number of hydrogen-bond acceptors (Lipinski definition) is 20.